The summed E-state index contributed by atoms with van der Waals surface area (Å²) in [6, 6.07) is 3.62. The van der Waals surface area contributed by atoms with Crippen LogP contribution in [-0.4, -0.2) is 36.0 Å². The van der Waals surface area contributed by atoms with Gasteiger partial charge >= 0.3 is 5.97 Å². The lowest BCUT2D eigenvalue weighted by Crippen LogP contribution is -2.44. The maximum Gasteiger partial charge on any atom is 0.328 e. The molecule has 0 aliphatic heterocycles. The highest BCUT2D eigenvalue weighted by Gasteiger charge is 2.26. The van der Waals surface area contributed by atoms with Crippen molar-refractivity contribution in [1.82, 2.24) is 4.90 Å². The summed E-state index contributed by atoms with van der Waals surface area (Å²) in [4.78, 5) is 26.0. The molecule has 0 aliphatic carbocycles. The molecule has 0 saturated carbocycles. The van der Waals surface area contributed by atoms with E-state index in [0.717, 1.165) is 16.7 Å². The average Bonchev–Trinajstić information content (AvgIpc) is 2.43. The van der Waals surface area contributed by atoms with Crippen molar-refractivity contribution in [2.45, 2.75) is 54.0 Å². The van der Waals surface area contributed by atoms with E-state index in [2.05, 4.69) is 12.1 Å². The Kier molecular flexibility index (Phi) is 6.60. The minimum Gasteiger partial charge on any atom is -0.464 e. The van der Waals surface area contributed by atoms with Crippen LogP contribution in [0.5, 0.6) is 0 Å². The van der Waals surface area contributed by atoms with E-state index in [9.17, 15) is 9.59 Å². The quantitative estimate of drug-likeness (QED) is 0.759. The van der Waals surface area contributed by atoms with E-state index < -0.39 is 6.04 Å². The van der Waals surface area contributed by atoms with E-state index in [0.29, 0.717) is 19.6 Å². The monoisotopic (exact) mass is 305 g/mol. The van der Waals surface area contributed by atoms with Gasteiger partial charge in [-0.2, -0.15) is 0 Å². The molecule has 4 heteroatoms. The Labute approximate surface area is 133 Å². The number of amides is 1. The molecule has 0 saturated heterocycles. The van der Waals surface area contributed by atoms with E-state index in [1.807, 2.05) is 27.7 Å². The molecular weight excluding hydrogens is 278 g/mol. The van der Waals surface area contributed by atoms with Crippen molar-refractivity contribution in [2.75, 3.05) is 13.2 Å². The second-order valence-corrected chi connectivity index (χ2v) is 5.66. The lowest BCUT2D eigenvalue weighted by molar-refractivity contribution is -0.153. The molecule has 0 aliphatic rings. The maximum atomic E-state index is 12.6. The first-order chi connectivity index (χ1) is 10.3. The highest BCUT2D eigenvalue weighted by Crippen LogP contribution is 2.18. The number of rotatable bonds is 6. The van der Waals surface area contributed by atoms with Crippen LogP contribution in [0.2, 0.25) is 0 Å². The van der Waals surface area contributed by atoms with E-state index in [4.69, 9.17) is 4.74 Å². The molecule has 0 heterocycles. The first kappa shape index (κ1) is 18.2. The molecule has 4 nitrogen and oxygen atoms in total. The molecule has 1 aromatic carbocycles. The highest BCUT2D eigenvalue weighted by molar-refractivity contribution is 5.85. The third-order valence-corrected chi connectivity index (χ3v) is 3.92. The molecule has 1 atom stereocenters. The molecule has 122 valence electrons. The van der Waals surface area contributed by atoms with Crippen molar-refractivity contribution in [2.24, 2.45) is 0 Å². The Morgan fingerprint density at radius 3 is 2.14 bits per heavy atom. The van der Waals surface area contributed by atoms with Gasteiger partial charge in [0, 0.05) is 6.54 Å². The summed E-state index contributed by atoms with van der Waals surface area (Å²) in [5.41, 5.74) is 4.47. The predicted octanol–water partition coefficient (Wildman–Crippen LogP) is 2.95. The highest BCUT2D eigenvalue weighted by atomic mass is 16.5. The molecule has 22 heavy (non-hydrogen) atoms. The number of hydrogen-bond donors (Lipinski definition) is 0. The number of likely N-dealkylation sites (N-methyl/N-ethyl adjacent to an activating group) is 1. The fourth-order valence-corrected chi connectivity index (χ4v) is 2.80. The lowest BCUT2D eigenvalue weighted by Gasteiger charge is -2.27. The van der Waals surface area contributed by atoms with Gasteiger partial charge in [0.25, 0.3) is 0 Å². The molecule has 1 amide bonds. The molecule has 0 unspecified atom stereocenters. The number of hydrogen-bond acceptors (Lipinski definition) is 3. The van der Waals surface area contributed by atoms with Crippen LogP contribution in [0.3, 0.4) is 0 Å². The van der Waals surface area contributed by atoms with Crippen molar-refractivity contribution >= 4 is 11.9 Å². The maximum absolute atomic E-state index is 12.6. The van der Waals surface area contributed by atoms with Crippen LogP contribution in [0.1, 0.15) is 43.0 Å². The SMILES string of the molecule is CCOC(=O)[C@H](C)N(CC)C(=O)Cc1c(C)cc(C)cc1C. The number of carbonyl (C=O) groups is 2. The number of aryl methyl sites for hydroxylation is 3. The number of benzene rings is 1. The fraction of sp³-hybridized carbons (Fsp3) is 0.556. The number of carbonyl (C=O) groups excluding carboxylic acids is 2. The van der Waals surface area contributed by atoms with Crippen LogP contribution in [0.25, 0.3) is 0 Å². The Hall–Kier alpha value is -1.84. The van der Waals surface area contributed by atoms with E-state index >= 15 is 0 Å². The zero-order valence-electron chi connectivity index (χ0n) is 14.5. The van der Waals surface area contributed by atoms with Gasteiger partial charge in [-0.1, -0.05) is 17.7 Å². The summed E-state index contributed by atoms with van der Waals surface area (Å²) in [5, 5.41) is 0. The second kappa shape index (κ2) is 7.97. The van der Waals surface area contributed by atoms with Crippen LogP contribution >= 0.6 is 0 Å². The van der Waals surface area contributed by atoms with Gasteiger partial charge in [-0.15, -0.1) is 0 Å². The van der Waals surface area contributed by atoms with E-state index in [-0.39, 0.29) is 11.9 Å². The predicted molar refractivity (Wildman–Crippen MR) is 87.8 cm³/mol. The van der Waals surface area contributed by atoms with Gasteiger partial charge in [0.2, 0.25) is 5.91 Å². The van der Waals surface area contributed by atoms with E-state index in [1.165, 1.54) is 5.56 Å². The summed E-state index contributed by atoms with van der Waals surface area (Å²) >= 11 is 0. The van der Waals surface area contributed by atoms with Gasteiger partial charge in [0.05, 0.1) is 13.0 Å². The Bertz CT molecular complexity index is 528. The van der Waals surface area contributed by atoms with Crippen LogP contribution in [0.4, 0.5) is 0 Å². The zero-order valence-corrected chi connectivity index (χ0v) is 14.5. The fourth-order valence-electron chi connectivity index (χ4n) is 2.80. The van der Waals surface area contributed by atoms with Gasteiger partial charge in [-0.05, 0) is 58.2 Å². The van der Waals surface area contributed by atoms with Crippen molar-refractivity contribution < 1.29 is 14.3 Å². The van der Waals surface area contributed by atoms with E-state index in [1.54, 1.807) is 18.7 Å². The molecule has 0 bridgehead atoms. The van der Waals surface area contributed by atoms with Gasteiger partial charge in [0.1, 0.15) is 6.04 Å². The molecule has 0 N–H and O–H groups in total. The standard InChI is InChI=1S/C18H27NO3/c1-7-19(15(6)18(21)22-8-2)17(20)11-16-13(4)9-12(3)10-14(16)5/h9-10,15H,7-8,11H2,1-6H3/t15-/m0/s1. The minimum atomic E-state index is -0.552. The summed E-state index contributed by atoms with van der Waals surface area (Å²) in [6.07, 6.45) is 0.315. The van der Waals surface area contributed by atoms with Crippen LogP contribution < -0.4 is 0 Å². The summed E-state index contributed by atoms with van der Waals surface area (Å²) < 4.78 is 5.02. The largest absolute Gasteiger partial charge is 0.464 e. The zero-order chi connectivity index (χ0) is 16.9. The topological polar surface area (TPSA) is 46.6 Å². The second-order valence-electron chi connectivity index (χ2n) is 5.66. The smallest absolute Gasteiger partial charge is 0.328 e. The minimum absolute atomic E-state index is 0.0434. The summed E-state index contributed by atoms with van der Waals surface area (Å²) in [6.45, 7) is 12.3. The van der Waals surface area contributed by atoms with Gasteiger partial charge in [-0.25, -0.2) is 4.79 Å². The number of esters is 1. The first-order valence-electron chi connectivity index (χ1n) is 7.84. The molecule has 0 spiro atoms. The molecule has 0 fully saturated rings. The normalized spacial score (nSPS) is 11.9. The first-order valence-corrected chi connectivity index (χ1v) is 7.84. The van der Waals surface area contributed by atoms with Gasteiger partial charge in [-0.3, -0.25) is 4.79 Å². The Morgan fingerprint density at radius 1 is 1.14 bits per heavy atom. The Balaban J connectivity index is 2.93. The van der Waals surface area contributed by atoms with Gasteiger partial charge in [0.15, 0.2) is 0 Å². The summed E-state index contributed by atoms with van der Waals surface area (Å²) in [5.74, 6) is -0.395. The third-order valence-electron chi connectivity index (χ3n) is 3.92. The summed E-state index contributed by atoms with van der Waals surface area (Å²) in [7, 11) is 0. The molecule has 0 radical (unpaired) electrons. The number of ether oxygens (including phenoxy) is 1. The van der Waals surface area contributed by atoms with Crippen molar-refractivity contribution in [1.29, 1.82) is 0 Å². The average molecular weight is 305 g/mol. The van der Waals surface area contributed by atoms with Crippen LogP contribution in [-0.2, 0) is 20.7 Å². The molecule has 1 aromatic rings. The van der Waals surface area contributed by atoms with Crippen molar-refractivity contribution in [3.63, 3.8) is 0 Å². The molecule has 0 aromatic heterocycles. The molecule has 1 rings (SSSR count). The number of nitrogens with zero attached hydrogens (tertiary/aromatic N) is 1. The van der Waals surface area contributed by atoms with Crippen LogP contribution in [0, 0.1) is 20.8 Å². The third kappa shape index (κ3) is 4.33. The van der Waals surface area contributed by atoms with Crippen molar-refractivity contribution in [3.8, 4) is 0 Å². The van der Waals surface area contributed by atoms with Crippen LogP contribution in [0.15, 0.2) is 12.1 Å². The molecular formula is C18H27NO3. The van der Waals surface area contributed by atoms with Gasteiger partial charge < -0.3 is 9.64 Å². The van der Waals surface area contributed by atoms with Crippen molar-refractivity contribution in [3.05, 3.63) is 34.4 Å². The lowest BCUT2D eigenvalue weighted by atomic mass is 9.97. The Morgan fingerprint density at radius 2 is 1.68 bits per heavy atom.